The number of amides is 1. The molecule has 2 rings (SSSR count). The van der Waals surface area contributed by atoms with Gasteiger partial charge in [-0.3, -0.25) is 9.79 Å². The van der Waals surface area contributed by atoms with Crippen LogP contribution in [-0.4, -0.2) is 43.4 Å². The molecule has 1 atom stereocenters. The molecule has 1 amide bonds. The maximum atomic E-state index is 11.2. The van der Waals surface area contributed by atoms with Crippen LogP contribution in [0, 0.1) is 11.3 Å². The van der Waals surface area contributed by atoms with Gasteiger partial charge in [-0.05, 0) is 49.0 Å². The van der Waals surface area contributed by atoms with Crippen molar-refractivity contribution in [1.82, 2.24) is 10.2 Å². The number of halogens is 1. The van der Waals surface area contributed by atoms with Gasteiger partial charge < -0.3 is 16.0 Å². The number of nitrogens with two attached hydrogens (primary N) is 1. The van der Waals surface area contributed by atoms with Crippen LogP contribution in [-0.2, 0) is 11.2 Å². The molecule has 1 aromatic rings. The minimum Gasteiger partial charge on any atom is -0.370 e. The van der Waals surface area contributed by atoms with Crippen LogP contribution in [0.15, 0.2) is 35.3 Å². The molecule has 0 aliphatic carbocycles. The van der Waals surface area contributed by atoms with Gasteiger partial charge in [-0.25, -0.2) is 0 Å². The Labute approximate surface area is 187 Å². The summed E-state index contributed by atoms with van der Waals surface area (Å²) in [5.41, 5.74) is 6.99. The van der Waals surface area contributed by atoms with Gasteiger partial charge in [0.2, 0.25) is 5.91 Å². The number of primary amides is 1. The molecule has 0 bridgehead atoms. The van der Waals surface area contributed by atoms with E-state index in [-0.39, 0.29) is 35.3 Å². The van der Waals surface area contributed by atoms with E-state index in [1.807, 2.05) is 7.05 Å². The van der Waals surface area contributed by atoms with E-state index in [1.165, 1.54) is 12.0 Å². The fraction of sp³-hybridized carbons (Fsp3) is 0.636. The molecule has 3 N–H and O–H groups in total. The molecule has 0 radical (unpaired) electrons. The Hall–Kier alpha value is -1.31. The standard InChI is InChI=1S/C22H36N4O.HI/c1-22(2,13-7-11-18-9-5-4-6-10-18)17-25-21(24-3)26-14-8-12-19(16-26)15-20(23)27;/h4-6,9-10,19H,7-8,11-17H2,1-3H3,(H2,23,27)(H,24,25);1H. The Morgan fingerprint density at radius 1 is 1.32 bits per heavy atom. The minimum atomic E-state index is -0.204. The number of carbonyl (C=O) groups excluding carboxylic acids is 1. The number of guanidine groups is 1. The van der Waals surface area contributed by atoms with Crippen molar-refractivity contribution in [2.45, 2.75) is 52.4 Å². The molecule has 6 heteroatoms. The highest BCUT2D eigenvalue weighted by atomic mass is 127. The predicted octanol–water partition coefficient (Wildman–Crippen LogP) is 3.82. The molecule has 0 saturated carbocycles. The van der Waals surface area contributed by atoms with Crippen molar-refractivity contribution in [2.24, 2.45) is 22.1 Å². The van der Waals surface area contributed by atoms with E-state index < -0.39 is 0 Å². The lowest BCUT2D eigenvalue weighted by molar-refractivity contribution is -0.119. The molecular formula is C22H37IN4O. The lowest BCUT2D eigenvalue weighted by Gasteiger charge is -2.36. The quantitative estimate of drug-likeness (QED) is 0.324. The zero-order valence-electron chi connectivity index (χ0n) is 17.6. The smallest absolute Gasteiger partial charge is 0.217 e. The van der Waals surface area contributed by atoms with E-state index in [1.54, 1.807) is 0 Å². The summed E-state index contributed by atoms with van der Waals surface area (Å²) in [4.78, 5) is 18.0. The normalized spacial score (nSPS) is 17.8. The van der Waals surface area contributed by atoms with Crippen molar-refractivity contribution in [3.8, 4) is 0 Å². The number of benzene rings is 1. The van der Waals surface area contributed by atoms with Crippen LogP contribution in [0.1, 0.15) is 51.5 Å². The zero-order valence-corrected chi connectivity index (χ0v) is 19.9. The molecule has 1 unspecified atom stereocenters. The highest BCUT2D eigenvalue weighted by molar-refractivity contribution is 14.0. The van der Waals surface area contributed by atoms with Crippen molar-refractivity contribution in [3.63, 3.8) is 0 Å². The summed E-state index contributed by atoms with van der Waals surface area (Å²) < 4.78 is 0. The topological polar surface area (TPSA) is 70.7 Å². The summed E-state index contributed by atoms with van der Waals surface area (Å²) in [7, 11) is 1.84. The number of likely N-dealkylation sites (tertiary alicyclic amines) is 1. The maximum Gasteiger partial charge on any atom is 0.217 e. The number of aliphatic imine (C=N–C) groups is 1. The summed E-state index contributed by atoms with van der Waals surface area (Å²) in [6.45, 7) is 7.36. The first-order chi connectivity index (χ1) is 12.9. The average molecular weight is 500 g/mol. The van der Waals surface area contributed by atoms with Gasteiger partial charge in [-0.2, -0.15) is 0 Å². The van der Waals surface area contributed by atoms with E-state index in [9.17, 15) is 4.79 Å². The number of hydrogen-bond donors (Lipinski definition) is 2. The van der Waals surface area contributed by atoms with Crippen molar-refractivity contribution in [2.75, 3.05) is 26.7 Å². The number of aryl methyl sites for hydroxylation is 1. The van der Waals surface area contributed by atoms with Crippen LogP contribution in [0.2, 0.25) is 0 Å². The Kier molecular flexibility index (Phi) is 10.9. The lowest BCUT2D eigenvalue weighted by Crippen LogP contribution is -2.49. The van der Waals surface area contributed by atoms with Crippen LogP contribution >= 0.6 is 24.0 Å². The van der Waals surface area contributed by atoms with E-state index in [0.717, 1.165) is 51.3 Å². The van der Waals surface area contributed by atoms with Crippen LogP contribution in [0.5, 0.6) is 0 Å². The number of nitrogens with one attached hydrogen (secondary N) is 1. The van der Waals surface area contributed by atoms with Crippen molar-refractivity contribution >= 4 is 35.8 Å². The second-order valence-electron chi connectivity index (χ2n) is 8.53. The predicted molar refractivity (Wildman–Crippen MR) is 128 cm³/mol. The van der Waals surface area contributed by atoms with Crippen LogP contribution in [0.4, 0.5) is 0 Å². The van der Waals surface area contributed by atoms with Crippen LogP contribution < -0.4 is 11.1 Å². The molecule has 28 heavy (non-hydrogen) atoms. The maximum absolute atomic E-state index is 11.2. The molecule has 1 aromatic carbocycles. The third kappa shape index (κ3) is 8.80. The van der Waals surface area contributed by atoms with Crippen LogP contribution in [0.3, 0.4) is 0 Å². The average Bonchev–Trinajstić information content (AvgIpc) is 2.63. The number of nitrogens with zero attached hydrogens (tertiary/aromatic N) is 2. The van der Waals surface area contributed by atoms with E-state index in [2.05, 4.69) is 59.4 Å². The molecule has 158 valence electrons. The lowest BCUT2D eigenvalue weighted by atomic mass is 9.86. The monoisotopic (exact) mass is 500 g/mol. The number of rotatable bonds is 8. The first-order valence-electron chi connectivity index (χ1n) is 10.2. The van der Waals surface area contributed by atoms with Crippen molar-refractivity contribution < 1.29 is 4.79 Å². The third-order valence-electron chi connectivity index (χ3n) is 5.41. The highest BCUT2D eigenvalue weighted by Gasteiger charge is 2.25. The first-order valence-corrected chi connectivity index (χ1v) is 10.2. The minimum absolute atomic E-state index is 0. The third-order valence-corrected chi connectivity index (χ3v) is 5.41. The Balaban J connectivity index is 0.00000392. The molecule has 1 fully saturated rings. The molecule has 1 saturated heterocycles. The summed E-state index contributed by atoms with van der Waals surface area (Å²) in [5, 5.41) is 3.56. The molecule has 0 spiro atoms. The van der Waals surface area contributed by atoms with Crippen LogP contribution in [0.25, 0.3) is 0 Å². The zero-order chi connectivity index (χ0) is 19.7. The largest absolute Gasteiger partial charge is 0.370 e. The fourth-order valence-electron chi connectivity index (χ4n) is 3.86. The van der Waals surface area contributed by atoms with Gasteiger partial charge in [0.05, 0.1) is 0 Å². The SMILES string of the molecule is CN=C(NCC(C)(C)CCCc1ccccc1)N1CCCC(CC(N)=O)C1.I. The first kappa shape index (κ1) is 24.7. The molecule has 1 heterocycles. The Morgan fingerprint density at radius 3 is 2.68 bits per heavy atom. The summed E-state index contributed by atoms with van der Waals surface area (Å²) in [5.74, 6) is 1.08. The summed E-state index contributed by atoms with van der Waals surface area (Å²) in [6.07, 6.45) is 6.09. The molecule has 0 aromatic heterocycles. The van der Waals surface area contributed by atoms with Gasteiger partial charge >= 0.3 is 0 Å². The molecule has 1 aliphatic rings. The molecular weight excluding hydrogens is 463 g/mol. The summed E-state index contributed by atoms with van der Waals surface area (Å²) in [6, 6.07) is 10.7. The number of carbonyl (C=O) groups is 1. The van der Waals surface area contributed by atoms with Gasteiger partial charge in [0.1, 0.15) is 0 Å². The molecule has 1 aliphatic heterocycles. The summed E-state index contributed by atoms with van der Waals surface area (Å²) >= 11 is 0. The fourth-order valence-corrected chi connectivity index (χ4v) is 3.86. The van der Waals surface area contributed by atoms with Gasteiger partial charge in [0.15, 0.2) is 5.96 Å². The second kappa shape index (κ2) is 12.3. The van der Waals surface area contributed by atoms with Gasteiger partial charge in [0.25, 0.3) is 0 Å². The molecule has 5 nitrogen and oxygen atoms in total. The Morgan fingerprint density at radius 2 is 2.04 bits per heavy atom. The number of piperidine rings is 1. The van der Waals surface area contributed by atoms with Gasteiger partial charge in [-0.15, -0.1) is 24.0 Å². The van der Waals surface area contributed by atoms with Crippen molar-refractivity contribution in [3.05, 3.63) is 35.9 Å². The van der Waals surface area contributed by atoms with E-state index in [4.69, 9.17) is 5.73 Å². The van der Waals surface area contributed by atoms with Gasteiger partial charge in [0, 0.05) is 33.1 Å². The van der Waals surface area contributed by atoms with E-state index >= 15 is 0 Å². The van der Waals surface area contributed by atoms with E-state index in [0.29, 0.717) is 12.3 Å². The second-order valence-corrected chi connectivity index (χ2v) is 8.53. The Bertz CT molecular complexity index is 618. The van der Waals surface area contributed by atoms with Gasteiger partial charge in [-0.1, -0.05) is 44.2 Å². The van der Waals surface area contributed by atoms with Crippen molar-refractivity contribution in [1.29, 1.82) is 0 Å². The highest BCUT2D eigenvalue weighted by Crippen LogP contribution is 2.23. The number of hydrogen-bond acceptors (Lipinski definition) is 2.